The van der Waals surface area contributed by atoms with Crippen molar-refractivity contribution in [2.45, 2.75) is 25.3 Å². The fourth-order valence-corrected chi connectivity index (χ4v) is 2.39. The zero-order chi connectivity index (χ0) is 7.84. The van der Waals surface area contributed by atoms with Crippen molar-refractivity contribution >= 4 is 11.3 Å². The molecular formula is C9H13NS. The van der Waals surface area contributed by atoms with Crippen molar-refractivity contribution in [3.8, 4) is 0 Å². The minimum atomic E-state index is 0.375. The number of rotatable bonds is 2. The molecule has 0 spiro atoms. The van der Waals surface area contributed by atoms with E-state index in [-0.39, 0.29) is 0 Å². The Hall–Kier alpha value is -0.340. The van der Waals surface area contributed by atoms with Gasteiger partial charge in [0.05, 0.1) is 0 Å². The van der Waals surface area contributed by atoms with Crippen LogP contribution in [0.4, 0.5) is 0 Å². The van der Waals surface area contributed by atoms with Crippen LogP contribution in [0.1, 0.15) is 24.8 Å². The normalized spacial score (nSPS) is 31.8. The molecule has 0 radical (unpaired) electrons. The summed E-state index contributed by atoms with van der Waals surface area (Å²) in [6.07, 6.45) is 1.30. The standard InChI is InChI=1S/C9H13NS/c1-6(10)8-4-9(8)7-2-3-11-5-7/h2-3,5-6,8-9H,4,10H2,1H3/t6-,8+,9-/m0/s1. The fraction of sp³-hybridized carbons (Fsp3) is 0.556. The van der Waals surface area contributed by atoms with E-state index in [1.54, 1.807) is 11.3 Å². The van der Waals surface area contributed by atoms with Crippen molar-refractivity contribution in [1.82, 2.24) is 0 Å². The van der Waals surface area contributed by atoms with Crippen molar-refractivity contribution in [3.63, 3.8) is 0 Å². The lowest BCUT2D eigenvalue weighted by Crippen LogP contribution is -2.17. The minimum absolute atomic E-state index is 0.375. The second kappa shape index (κ2) is 2.61. The molecule has 1 heterocycles. The van der Waals surface area contributed by atoms with Crippen molar-refractivity contribution in [2.75, 3.05) is 0 Å². The Bertz CT molecular complexity index is 228. The molecule has 2 N–H and O–H groups in total. The lowest BCUT2D eigenvalue weighted by atomic mass is 10.1. The Kier molecular flexibility index (Phi) is 1.74. The largest absolute Gasteiger partial charge is 0.328 e. The summed E-state index contributed by atoms with van der Waals surface area (Å²) in [5, 5.41) is 4.39. The number of thiophene rings is 1. The molecule has 0 aliphatic heterocycles. The average molecular weight is 167 g/mol. The Morgan fingerprint density at radius 3 is 3.00 bits per heavy atom. The molecule has 2 rings (SSSR count). The van der Waals surface area contributed by atoms with Crippen LogP contribution in [0.25, 0.3) is 0 Å². The van der Waals surface area contributed by atoms with Gasteiger partial charge >= 0.3 is 0 Å². The van der Waals surface area contributed by atoms with Crippen molar-refractivity contribution in [1.29, 1.82) is 0 Å². The van der Waals surface area contributed by atoms with Crippen molar-refractivity contribution in [3.05, 3.63) is 22.4 Å². The molecule has 0 aromatic carbocycles. The summed E-state index contributed by atoms with van der Waals surface area (Å²) in [4.78, 5) is 0. The third-order valence-electron chi connectivity index (χ3n) is 2.49. The molecule has 0 amide bonds. The molecule has 1 aliphatic rings. The lowest BCUT2D eigenvalue weighted by molar-refractivity contribution is 0.632. The van der Waals surface area contributed by atoms with E-state index in [9.17, 15) is 0 Å². The third-order valence-corrected chi connectivity index (χ3v) is 3.19. The van der Waals surface area contributed by atoms with E-state index in [1.165, 1.54) is 12.0 Å². The van der Waals surface area contributed by atoms with E-state index in [0.717, 1.165) is 11.8 Å². The Labute approximate surface area is 71.2 Å². The van der Waals surface area contributed by atoms with Crippen LogP contribution in [0.15, 0.2) is 16.8 Å². The van der Waals surface area contributed by atoms with Gasteiger partial charge in [0.2, 0.25) is 0 Å². The van der Waals surface area contributed by atoms with Gasteiger partial charge in [0.25, 0.3) is 0 Å². The van der Waals surface area contributed by atoms with Gasteiger partial charge < -0.3 is 5.73 Å². The highest BCUT2D eigenvalue weighted by molar-refractivity contribution is 7.08. The fourth-order valence-electron chi connectivity index (χ4n) is 1.66. The van der Waals surface area contributed by atoms with Gasteiger partial charge in [0, 0.05) is 6.04 Å². The van der Waals surface area contributed by atoms with Gasteiger partial charge in [-0.25, -0.2) is 0 Å². The summed E-state index contributed by atoms with van der Waals surface area (Å²) in [5.74, 6) is 1.53. The number of hydrogen-bond acceptors (Lipinski definition) is 2. The third kappa shape index (κ3) is 1.33. The Morgan fingerprint density at radius 1 is 1.73 bits per heavy atom. The van der Waals surface area contributed by atoms with Crippen molar-refractivity contribution < 1.29 is 0 Å². The first-order valence-corrected chi connectivity index (χ1v) is 5.01. The predicted molar refractivity (Wildman–Crippen MR) is 48.8 cm³/mol. The first kappa shape index (κ1) is 7.32. The highest BCUT2D eigenvalue weighted by Gasteiger charge is 2.40. The molecule has 0 bridgehead atoms. The molecule has 1 saturated carbocycles. The van der Waals surface area contributed by atoms with Crippen LogP contribution in [0.5, 0.6) is 0 Å². The van der Waals surface area contributed by atoms with E-state index < -0.39 is 0 Å². The van der Waals surface area contributed by atoms with Gasteiger partial charge in [-0.3, -0.25) is 0 Å². The molecule has 3 atom stereocenters. The molecule has 1 aromatic heterocycles. The van der Waals surface area contributed by atoms with Crippen LogP contribution >= 0.6 is 11.3 Å². The highest BCUT2D eigenvalue weighted by atomic mass is 32.1. The number of hydrogen-bond donors (Lipinski definition) is 1. The predicted octanol–water partition coefficient (Wildman–Crippen LogP) is 2.20. The summed E-state index contributed by atoms with van der Waals surface area (Å²) >= 11 is 1.78. The molecule has 0 saturated heterocycles. The maximum atomic E-state index is 5.80. The SMILES string of the molecule is C[C@H](N)[C@H]1C[C@H]1c1ccsc1. The zero-order valence-corrected chi connectivity index (χ0v) is 7.47. The summed E-state index contributed by atoms with van der Waals surface area (Å²) in [6.45, 7) is 2.11. The minimum Gasteiger partial charge on any atom is -0.328 e. The molecule has 2 heteroatoms. The van der Waals surface area contributed by atoms with E-state index >= 15 is 0 Å². The maximum Gasteiger partial charge on any atom is 0.00448 e. The van der Waals surface area contributed by atoms with Gasteiger partial charge in [-0.05, 0) is 47.6 Å². The summed E-state index contributed by atoms with van der Waals surface area (Å²) in [6, 6.07) is 2.59. The van der Waals surface area contributed by atoms with E-state index in [4.69, 9.17) is 5.73 Å². The molecule has 1 nitrogen and oxygen atoms in total. The van der Waals surface area contributed by atoms with E-state index in [2.05, 4.69) is 23.8 Å². The van der Waals surface area contributed by atoms with Gasteiger partial charge in [-0.2, -0.15) is 11.3 Å². The average Bonchev–Trinajstić information content (AvgIpc) is 2.60. The first-order valence-electron chi connectivity index (χ1n) is 4.06. The van der Waals surface area contributed by atoms with E-state index in [0.29, 0.717) is 6.04 Å². The van der Waals surface area contributed by atoms with Gasteiger partial charge in [0.15, 0.2) is 0 Å². The molecule has 1 aliphatic carbocycles. The molecule has 0 unspecified atom stereocenters. The molecule has 1 fully saturated rings. The highest BCUT2D eigenvalue weighted by Crippen LogP contribution is 2.49. The van der Waals surface area contributed by atoms with Gasteiger partial charge in [-0.1, -0.05) is 0 Å². The molecule has 1 aromatic rings. The van der Waals surface area contributed by atoms with Crippen LogP contribution < -0.4 is 5.73 Å². The molecule has 11 heavy (non-hydrogen) atoms. The summed E-state index contributed by atoms with van der Waals surface area (Å²) < 4.78 is 0. The first-order chi connectivity index (χ1) is 5.29. The quantitative estimate of drug-likeness (QED) is 0.718. The van der Waals surface area contributed by atoms with Gasteiger partial charge in [0.1, 0.15) is 0 Å². The summed E-state index contributed by atoms with van der Waals surface area (Å²) in [7, 11) is 0. The lowest BCUT2D eigenvalue weighted by Gasteiger charge is -2.00. The van der Waals surface area contributed by atoms with Crippen molar-refractivity contribution in [2.24, 2.45) is 11.7 Å². The van der Waals surface area contributed by atoms with Gasteiger partial charge in [-0.15, -0.1) is 0 Å². The van der Waals surface area contributed by atoms with Crippen LogP contribution in [-0.4, -0.2) is 6.04 Å². The maximum absolute atomic E-state index is 5.80. The topological polar surface area (TPSA) is 26.0 Å². The summed E-state index contributed by atoms with van der Waals surface area (Å²) in [5.41, 5.74) is 7.30. The van der Waals surface area contributed by atoms with E-state index in [1.807, 2.05) is 0 Å². The van der Waals surface area contributed by atoms with Crippen LogP contribution in [0, 0.1) is 5.92 Å². The monoisotopic (exact) mass is 167 g/mol. The number of nitrogens with two attached hydrogens (primary N) is 1. The Balaban J connectivity index is 2.02. The zero-order valence-electron chi connectivity index (χ0n) is 6.66. The van der Waals surface area contributed by atoms with Crippen LogP contribution in [0.3, 0.4) is 0 Å². The van der Waals surface area contributed by atoms with Crippen LogP contribution in [-0.2, 0) is 0 Å². The smallest absolute Gasteiger partial charge is 0.00448 e. The van der Waals surface area contributed by atoms with Crippen LogP contribution in [0.2, 0.25) is 0 Å². The second-order valence-electron chi connectivity index (χ2n) is 3.42. The second-order valence-corrected chi connectivity index (χ2v) is 4.20. The molecule has 60 valence electrons. The molecular weight excluding hydrogens is 154 g/mol. The Morgan fingerprint density at radius 2 is 2.55 bits per heavy atom.